The Kier molecular flexibility index (Phi) is 3.26. The van der Waals surface area contributed by atoms with E-state index in [0.29, 0.717) is 18.5 Å². The lowest BCUT2D eigenvalue weighted by Gasteiger charge is -2.37. The molecule has 0 aromatic carbocycles. The number of aromatic nitrogens is 1. The van der Waals surface area contributed by atoms with Gasteiger partial charge in [0.15, 0.2) is 17.5 Å². The summed E-state index contributed by atoms with van der Waals surface area (Å²) in [5, 5.41) is 0. The second-order valence-corrected chi connectivity index (χ2v) is 4.74. The molecule has 0 amide bonds. The average molecular weight is 244 g/mol. The summed E-state index contributed by atoms with van der Waals surface area (Å²) < 4.78 is 39.4. The first-order chi connectivity index (χ1) is 7.99. The number of pyridine rings is 1. The molecule has 2 nitrogen and oxygen atoms in total. The number of piperidine rings is 1. The molecule has 1 saturated heterocycles. The lowest BCUT2D eigenvalue weighted by Crippen LogP contribution is -2.41. The standard InChI is InChI=1S/C12H15F3N2/c1-7-3-4-17(8(2)5-7)12-10(14)6-9(13)11(15)16-12/h6-8H,3-5H2,1-2H3. The zero-order valence-corrected chi connectivity index (χ0v) is 9.88. The van der Waals surface area contributed by atoms with Crippen molar-refractivity contribution < 1.29 is 13.2 Å². The lowest BCUT2D eigenvalue weighted by molar-refractivity contribution is 0.368. The molecule has 94 valence electrons. The molecule has 0 saturated carbocycles. The predicted molar refractivity (Wildman–Crippen MR) is 59.3 cm³/mol. The van der Waals surface area contributed by atoms with Gasteiger partial charge in [0.1, 0.15) is 0 Å². The summed E-state index contributed by atoms with van der Waals surface area (Å²) in [6.45, 7) is 4.69. The van der Waals surface area contributed by atoms with Gasteiger partial charge < -0.3 is 4.90 Å². The third kappa shape index (κ3) is 2.37. The van der Waals surface area contributed by atoms with Gasteiger partial charge in [0.25, 0.3) is 5.95 Å². The first kappa shape index (κ1) is 12.2. The van der Waals surface area contributed by atoms with Gasteiger partial charge in [-0.15, -0.1) is 0 Å². The van der Waals surface area contributed by atoms with Gasteiger partial charge in [-0.1, -0.05) is 6.92 Å². The van der Waals surface area contributed by atoms with Crippen molar-refractivity contribution in [3.05, 3.63) is 23.6 Å². The predicted octanol–water partition coefficient (Wildman–Crippen LogP) is 3.12. The van der Waals surface area contributed by atoms with Crippen LogP contribution in [0.25, 0.3) is 0 Å². The molecule has 1 aliphatic heterocycles. The summed E-state index contributed by atoms with van der Waals surface area (Å²) in [5.41, 5.74) is 0. The highest BCUT2D eigenvalue weighted by atomic mass is 19.2. The number of rotatable bonds is 1. The van der Waals surface area contributed by atoms with Gasteiger partial charge in [-0.05, 0) is 25.7 Å². The lowest BCUT2D eigenvalue weighted by atomic mass is 9.93. The van der Waals surface area contributed by atoms with E-state index in [1.165, 1.54) is 0 Å². The van der Waals surface area contributed by atoms with Gasteiger partial charge in [0.2, 0.25) is 0 Å². The molecule has 2 rings (SSSR count). The number of hydrogen-bond donors (Lipinski definition) is 0. The quantitative estimate of drug-likeness (QED) is 0.705. The van der Waals surface area contributed by atoms with E-state index >= 15 is 0 Å². The SMILES string of the molecule is CC1CCN(c2nc(F)c(F)cc2F)C(C)C1. The van der Waals surface area contributed by atoms with Crippen molar-refractivity contribution in [1.29, 1.82) is 0 Å². The molecule has 17 heavy (non-hydrogen) atoms. The minimum Gasteiger partial charge on any atom is -0.351 e. The van der Waals surface area contributed by atoms with Crippen LogP contribution in [-0.4, -0.2) is 17.6 Å². The van der Waals surface area contributed by atoms with Crippen LogP contribution < -0.4 is 4.90 Å². The Labute approximate surface area is 98.5 Å². The Balaban J connectivity index is 2.31. The number of hydrogen-bond acceptors (Lipinski definition) is 2. The van der Waals surface area contributed by atoms with Crippen molar-refractivity contribution in [2.75, 3.05) is 11.4 Å². The highest BCUT2D eigenvalue weighted by Gasteiger charge is 2.27. The van der Waals surface area contributed by atoms with Crippen LogP contribution in [-0.2, 0) is 0 Å². The van der Waals surface area contributed by atoms with Crippen molar-refractivity contribution in [3.8, 4) is 0 Å². The van der Waals surface area contributed by atoms with Crippen molar-refractivity contribution in [2.24, 2.45) is 5.92 Å². The summed E-state index contributed by atoms with van der Waals surface area (Å²) in [5.74, 6) is -2.81. The summed E-state index contributed by atoms with van der Waals surface area (Å²) in [6, 6.07) is 0.646. The van der Waals surface area contributed by atoms with Crippen LogP contribution in [0.3, 0.4) is 0 Å². The first-order valence-corrected chi connectivity index (χ1v) is 5.77. The van der Waals surface area contributed by atoms with Gasteiger partial charge >= 0.3 is 0 Å². The van der Waals surface area contributed by atoms with Crippen LogP contribution in [0.15, 0.2) is 6.07 Å². The summed E-state index contributed by atoms with van der Waals surface area (Å²) in [6.07, 6.45) is 1.81. The zero-order valence-electron chi connectivity index (χ0n) is 9.88. The van der Waals surface area contributed by atoms with Crippen LogP contribution in [0.5, 0.6) is 0 Å². The molecule has 0 aliphatic carbocycles. The highest BCUT2D eigenvalue weighted by Crippen LogP contribution is 2.28. The molecule has 0 radical (unpaired) electrons. The normalized spacial score (nSPS) is 25.1. The van der Waals surface area contributed by atoms with Gasteiger partial charge in [-0.2, -0.15) is 9.37 Å². The van der Waals surface area contributed by atoms with E-state index in [-0.39, 0.29) is 11.9 Å². The fraction of sp³-hybridized carbons (Fsp3) is 0.583. The van der Waals surface area contributed by atoms with Crippen LogP contribution in [0.2, 0.25) is 0 Å². The van der Waals surface area contributed by atoms with Crippen LogP contribution in [0.1, 0.15) is 26.7 Å². The van der Waals surface area contributed by atoms with Crippen LogP contribution in [0, 0.1) is 23.5 Å². The Morgan fingerprint density at radius 1 is 1.24 bits per heavy atom. The summed E-state index contributed by atoms with van der Waals surface area (Å²) >= 11 is 0. The Morgan fingerprint density at radius 2 is 1.94 bits per heavy atom. The number of nitrogens with zero attached hydrogens (tertiary/aromatic N) is 2. The topological polar surface area (TPSA) is 16.1 Å². The van der Waals surface area contributed by atoms with Crippen molar-refractivity contribution >= 4 is 5.82 Å². The number of anilines is 1. The molecule has 1 aromatic heterocycles. The highest BCUT2D eigenvalue weighted by molar-refractivity contribution is 5.41. The van der Waals surface area contributed by atoms with Crippen molar-refractivity contribution in [3.63, 3.8) is 0 Å². The minimum absolute atomic E-state index is 0.0803. The van der Waals surface area contributed by atoms with E-state index in [4.69, 9.17) is 0 Å². The van der Waals surface area contributed by atoms with E-state index in [1.807, 2.05) is 6.92 Å². The summed E-state index contributed by atoms with van der Waals surface area (Å²) in [4.78, 5) is 5.09. The molecule has 0 bridgehead atoms. The van der Waals surface area contributed by atoms with Crippen LogP contribution >= 0.6 is 0 Å². The monoisotopic (exact) mass is 244 g/mol. The largest absolute Gasteiger partial charge is 0.351 e. The third-order valence-electron chi connectivity index (χ3n) is 3.28. The first-order valence-electron chi connectivity index (χ1n) is 5.77. The summed E-state index contributed by atoms with van der Waals surface area (Å²) in [7, 11) is 0. The molecule has 2 unspecified atom stereocenters. The fourth-order valence-electron chi connectivity index (χ4n) is 2.36. The Morgan fingerprint density at radius 3 is 2.59 bits per heavy atom. The maximum atomic E-state index is 13.6. The minimum atomic E-state index is -1.25. The van der Waals surface area contributed by atoms with Gasteiger partial charge in [0, 0.05) is 18.7 Å². The molecule has 1 aromatic rings. The van der Waals surface area contributed by atoms with Crippen molar-refractivity contribution in [2.45, 2.75) is 32.7 Å². The van der Waals surface area contributed by atoms with Crippen LogP contribution in [0.4, 0.5) is 19.0 Å². The fourth-order valence-corrected chi connectivity index (χ4v) is 2.36. The molecule has 0 spiro atoms. The molecule has 2 atom stereocenters. The second kappa shape index (κ2) is 4.55. The molecule has 1 aliphatic rings. The third-order valence-corrected chi connectivity index (χ3v) is 3.28. The Bertz CT molecular complexity index is 422. The van der Waals surface area contributed by atoms with E-state index in [0.717, 1.165) is 12.8 Å². The molecule has 0 N–H and O–H groups in total. The van der Waals surface area contributed by atoms with E-state index in [9.17, 15) is 13.2 Å². The molecule has 2 heterocycles. The van der Waals surface area contributed by atoms with Gasteiger partial charge in [-0.25, -0.2) is 8.78 Å². The van der Waals surface area contributed by atoms with Gasteiger partial charge in [0.05, 0.1) is 0 Å². The van der Waals surface area contributed by atoms with E-state index in [1.54, 1.807) is 4.90 Å². The second-order valence-electron chi connectivity index (χ2n) is 4.74. The van der Waals surface area contributed by atoms with Gasteiger partial charge in [-0.3, -0.25) is 0 Å². The molecular formula is C12H15F3N2. The van der Waals surface area contributed by atoms with E-state index in [2.05, 4.69) is 11.9 Å². The maximum absolute atomic E-state index is 13.6. The Hall–Kier alpha value is -1.26. The average Bonchev–Trinajstić information content (AvgIpc) is 2.24. The molecule has 5 heteroatoms. The zero-order chi connectivity index (χ0) is 12.6. The van der Waals surface area contributed by atoms with E-state index < -0.39 is 17.6 Å². The number of halogens is 3. The molecular weight excluding hydrogens is 229 g/mol. The smallest absolute Gasteiger partial charge is 0.251 e. The van der Waals surface area contributed by atoms with Crippen molar-refractivity contribution in [1.82, 2.24) is 4.98 Å². The molecule has 1 fully saturated rings. The maximum Gasteiger partial charge on any atom is 0.251 e.